The molecule has 1 aliphatic heterocycles. The van der Waals surface area contributed by atoms with E-state index in [-0.39, 0.29) is 11.7 Å². The number of rotatable bonds is 4. The number of aromatic nitrogens is 1. The first kappa shape index (κ1) is 16.2. The molecule has 2 N–H and O–H groups in total. The fraction of sp³-hybridized carbons (Fsp3) is 0.286. The molecule has 1 aliphatic rings. The maximum absolute atomic E-state index is 13.4. The average molecular weight is 335 g/mol. The van der Waals surface area contributed by atoms with Crippen LogP contribution in [0.4, 0.5) is 4.39 Å². The molecular formula is C21H22FN3. The largest absolute Gasteiger partial charge is 0.314 e. The van der Waals surface area contributed by atoms with Gasteiger partial charge >= 0.3 is 0 Å². The summed E-state index contributed by atoms with van der Waals surface area (Å²) in [6.45, 7) is 2.86. The predicted molar refractivity (Wildman–Crippen MR) is 99.2 cm³/mol. The number of pyridine rings is 1. The highest BCUT2D eigenvalue weighted by Crippen LogP contribution is 2.28. The Morgan fingerprint density at radius 3 is 2.68 bits per heavy atom. The highest BCUT2D eigenvalue weighted by atomic mass is 19.1. The summed E-state index contributed by atoms with van der Waals surface area (Å²) in [5.41, 5.74) is 3.45. The topological polar surface area (TPSA) is 37.0 Å². The van der Waals surface area contributed by atoms with E-state index in [1.165, 1.54) is 5.56 Å². The Morgan fingerprint density at radius 1 is 1.04 bits per heavy atom. The summed E-state index contributed by atoms with van der Waals surface area (Å²) in [5.74, 6) is 0.0741. The lowest BCUT2D eigenvalue weighted by atomic mass is 9.84. The molecule has 0 amide bonds. The van der Waals surface area contributed by atoms with E-state index in [2.05, 4.69) is 39.9 Å². The summed E-state index contributed by atoms with van der Waals surface area (Å²) in [5, 5.41) is 8.25. The number of para-hydroxylation sites is 1. The van der Waals surface area contributed by atoms with Crippen LogP contribution >= 0.6 is 0 Å². The molecule has 1 aromatic heterocycles. The van der Waals surface area contributed by atoms with Gasteiger partial charge in [-0.15, -0.1) is 0 Å². The van der Waals surface area contributed by atoms with E-state index in [0.29, 0.717) is 6.04 Å². The van der Waals surface area contributed by atoms with Crippen molar-refractivity contribution in [1.29, 1.82) is 0 Å². The highest BCUT2D eigenvalue weighted by molar-refractivity contribution is 5.81. The van der Waals surface area contributed by atoms with E-state index in [4.69, 9.17) is 0 Å². The summed E-state index contributed by atoms with van der Waals surface area (Å²) in [6, 6.07) is 17.7. The van der Waals surface area contributed by atoms with E-state index in [1.54, 1.807) is 12.1 Å². The van der Waals surface area contributed by atoms with Gasteiger partial charge in [-0.2, -0.15) is 0 Å². The van der Waals surface area contributed by atoms with Gasteiger partial charge in [-0.1, -0.05) is 36.4 Å². The van der Waals surface area contributed by atoms with Crippen molar-refractivity contribution in [3.05, 3.63) is 77.7 Å². The molecule has 1 saturated heterocycles. The summed E-state index contributed by atoms with van der Waals surface area (Å²) in [6.07, 6.45) is 2.72. The monoisotopic (exact) mass is 335 g/mol. The van der Waals surface area contributed by atoms with Gasteiger partial charge in [0.1, 0.15) is 5.82 Å². The van der Waals surface area contributed by atoms with E-state index in [0.717, 1.165) is 42.5 Å². The van der Waals surface area contributed by atoms with Crippen LogP contribution in [0.2, 0.25) is 0 Å². The normalized spacial score (nSPS) is 19.0. The lowest BCUT2D eigenvalue weighted by Gasteiger charge is -2.32. The highest BCUT2D eigenvalue weighted by Gasteiger charge is 2.25. The maximum Gasteiger partial charge on any atom is 0.123 e. The minimum Gasteiger partial charge on any atom is -0.314 e. The molecule has 0 radical (unpaired) electrons. The number of nitrogens with zero attached hydrogens (tertiary/aromatic N) is 1. The molecular weight excluding hydrogens is 313 g/mol. The number of halogens is 1. The minimum absolute atomic E-state index is 0.191. The van der Waals surface area contributed by atoms with E-state index in [9.17, 15) is 4.39 Å². The second-order valence-corrected chi connectivity index (χ2v) is 6.62. The molecule has 0 bridgehead atoms. The third-order valence-electron chi connectivity index (χ3n) is 5.01. The molecule has 3 aromatic rings. The maximum atomic E-state index is 13.4. The van der Waals surface area contributed by atoms with Crippen molar-refractivity contribution < 1.29 is 4.39 Å². The molecule has 2 atom stereocenters. The van der Waals surface area contributed by atoms with Gasteiger partial charge in [-0.25, -0.2) is 4.39 Å². The van der Waals surface area contributed by atoms with Crippen molar-refractivity contribution >= 4 is 10.9 Å². The molecule has 0 spiro atoms. The third kappa shape index (κ3) is 3.55. The van der Waals surface area contributed by atoms with Gasteiger partial charge in [0.25, 0.3) is 0 Å². The van der Waals surface area contributed by atoms with Crippen LogP contribution in [0.15, 0.2) is 60.8 Å². The number of piperazine rings is 1. The molecule has 0 aliphatic carbocycles. The zero-order valence-corrected chi connectivity index (χ0v) is 14.1. The van der Waals surface area contributed by atoms with Crippen molar-refractivity contribution in [2.75, 3.05) is 19.6 Å². The Balaban J connectivity index is 1.71. The van der Waals surface area contributed by atoms with Gasteiger partial charge in [0.05, 0.1) is 5.52 Å². The zero-order chi connectivity index (χ0) is 17.1. The van der Waals surface area contributed by atoms with Crippen LogP contribution in [0.1, 0.15) is 17.0 Å². The molecule has 2 aromatic carbocycles. The second-order valence-electron chi connectivity index (χ2n) is 6.62. The standard InChI is InChI=1S/C21H22FN3/c22-18-8-6-15(7-9-18)19(20-14-23-11-12-24-20)13-17-4-1-3-16-5-2-10-25-21(16)17/h1-10,19-20,23-24H,11-14H2. The van der Waals surface area contributed by atoms with Crippen molar-refractivity contribution in [2.24, 2.45) is 0 Å². The van der Waals surface area contributed by atoms with Crippen molar-refractivity contribution in [3.8, 4) is 0 Å². The number of nitrogens with one attached hydrogen (secondary N) is 2. The lowest BCUT2D eigenvalue weighted by molar-refractivity contribution is 0.364. The molecule has 3 nitrogen and oxygen atoms in total. The summed E-state index contributed by atoms with van der Waals surface area (Å²) in [4.78, 5) is 4.59. The zero-order valence-electron chi connectivity index (χ0n) is 14.1. The SMILES string of the molecule is Fc1ccc(C(Cc2cccc3cccnc23)C2CNCCN2)cc1. The Morgan fingerprint density at radius 2 is 1.88 bits per heavy atom. The van der Waals surface area contributed by atoms with Gasteiger partial charge < -0.3 is 10.6 Å². The fourth-order valence-corrected chi connectivity index (χ4v) is 3.73. The summed E-state index contributed by atoms with van der Waals surface area (Å²) >= 11 is 0. The van der Waals surface area contributed by atoms with Gasteiger partial charge in [-0.05, 0) is 35.7 Å². The van der Waals surface area contributed by atoms with Crippen LogP contribution in [0.5, 0.6) is 0 Å². The molecule has 1 fully saturated rings. The van der Waals surface area contributed by atoms with Gasteiger partial charge in [0, 0.05) is 43.2 Å². The number of benzene rings is 2. The third-order valence-corrected chi connectivity index (χ3v) is 5.01. The van der Waals surface area contributed by atoms with Crippen LogP contribution in [-0.4, -0.2) is 30.7 Å². The van der Waals surface area contributed by atoms with Crippen molar-refractivity contribution in [3.63, 3.8) is 0 Å². The van der Waals surface area contributed by atoms with Crippen LogP contribution in [0.25, 0.3) is 10.9 Å². The first-order chi connectivity index (χ1) is 12.3. The summed E-state index contributed by atoms with van der Waals surface area (Å²) < 4.78 is 13.4. The summed E-state index contributed by atoms with van der Waals surface area (Å²) in [7, 11) is 0. The predicted octanol–water partition coefficient (Wildman–Crippen LogP) is 3.26. The molecule has 2 heterocycles. The average Bonchev–Trinajstić information content (AvgIpc) is 2.68. The van der Waals surface area contributed by atoms with Gasteiger partial charge in [-0.3, -0.25) is 4.98 Å². The molecule has 4 heteroatoms. The lowest BCUT2D eigenvalue weighted by Crippen LogP contribution is -2.51. The number of fused-ring (bicyclic) bond motifs is 1. The van der Waals surface area contributed by atoms with Crippen LogP contribution in [-0.2, 0) is 6.42 Å². The first-order valence-corrected chi connectivity index (χ1v) is 8.83. The van der Waals surface area contributed by atoms with Crippen molar-refractivity contribution in [2.45, 2.75) is 18.4 Å². The Labute approximate surface area is 147 Å². The van der Waals surface area contributed by atoms with Gasteiger partial charge in [0.15, 0.2) is 0 Å². The number of hydrogen-bond acceptors (Lipinski definition) is 3. The molecule has 2 unspecified atom stereocenters. The minimum atomic E-state index is -0.191. The Hall–Kier alpha value is -2.30. The quantitative estimate of drug-likeness (QED) is 0.768. The molecule has 0 saturated carbocycles. The molecule has 128 valence electrons. The first-order valence-electron chi connectivity index (χ1n) is 8.83. The Bertz CT molecular complexity index is 836. The Kier molecular flexibility index (Phi) is 4.72. The molecule has 25 heavy (non-hydrogen) atoms. The van der Waals surface area contributed by atoms with Crippen LogP contribution in [0, 0.1) is 5.82 Å². The fourth-order valence-electron chi connectivity index (χ4n) is 3.73. The van der Waals surface area contributed by atoms with Gasteiger partial charge in [0.2, 0.25) is 0 Å². The van der Waals surface area contributed by atoms with E-state index >= 15 is 0 Å². The van der Waals surface area contributed by atoms with E-state index < -0.39 is 0 Å². The van der Waals surface area contributed by atoms with Crippen LogP contribution < -0.4 is 10.6 Å². The van der Waals surface area contributed by atoms with Crippen LogP contribution in [0.3, 0.4) is 0 Å². The number of hydrogen-bond donors (Lipinski definition) is 2. The smallest absolute Gasteiger partial charge is 0.123 e. The van der Waals surface area contributed by atoms with E-state index in [1.807, 2.05) is 24.4 Å². The second kappa shape index (κ2) is 7.30. The van der Waals surface area contributed by atoms with Crippen molar-refractivity contribution in [1.82, 2.24) is 15.6 Å². The molecule has 4 rings (SSSR count).